The third-order valence-electron chi connectivity index (χ3n) is 3.87. The van der Waals surface area contributed by atoms with E-state index in [1.807, 2.05) is 17.4 Å². The van der Waals surface area contributed by atoms with E-state index in [0.29, 0.717) is 0 Å². The minimum absolute atomic E-state index is 0.0428. The second kappa shape index (κ2) is 6.30. The van der Waals surface area contributed by atoms with Crippen LogP contribution in [0.25, 0.3) is 0 Å². The molecule has 1 aromatic carbocycles. The molecule has 0 spiro atoms. The zero-order valence-corrected chi connectivity index (χ0v) is 15.2. The first kappa shape index (κ1) is 14.8. The van der Waals surface area contributed by atoms with Gasteiger partial charge >= 0.3 is 0 Å². The third kappa shape index (κ3) is 3.03. The Bertz CT molecular complexity index is 597. The molecule has 1 unspecified atom stereocenters. The lowest BCUT2D eigenvalue weighted by Gasteiger charge is -2.13. The molecule has 2 N–H and O–H groups in total. The topological polar surface area (TPSA) is 26.0 Å². The van der Waals surface area contributed by atoms with Crippen LogP contribution in [0.5, 0.6) is 0 Å². The molecule has 2 aromatic rings. The summed E-state index contributed by atoms with van der Waals surface area (Å²) in [4.78, 5) is 2.84. The van der Waals surface area contributed by atoms with Crippen LogP contribution in [0.2, 0.25) is 0 Å². The van der Waals surface area contributed by atoms with Gasteiger partial charge in [-0.05, 0) is 61.1 Å². The highest BCUT2D eigenvalue weighted by atomic mass is 79.9. The average Bonchev–Trinajstić information content (AvgIpc) is 2.72. The van der Waals surface area contributed by atoms with Crippen LogP contribution >= 0.6 is 43.2 Å². The molecule has 0 fully saturated rings. The fraction of sp³-hybridized carbons (Fsp3) is 0.375. The van der Waals surface area contributed by atoms with Crippen molar-refractivity contribution in [2.75, 3.05) is 0 Å². The summed E-state index contributed by atoms with van der Waals surface area (Å²) in [7, 11) is 0. The van der Waals surface area contributed by atoms with Gasteiger partial charge in [-0.1, -0.05) is 38.3 Å². The number of nitrogens with two attached hydrogens (primary N) is 1. The van der Waals surface area contributed by atoms with E-state index < -0.39 is 0 Å². The second-order valence-corrected chi connectivity index (χ2v) is 8.24. The number of thiophene rings is 1. The Morgan fingerprint density at radius 2 is 1.85 bits per heavy atom. The molecule has 1 nitrogen and oxygen atoms in total. The standard InChI is InChI=1S/C16H17Br2NS/c17-11-6-7-13(18)12(9-11)16(19)15-8-10-4-2-1-3-5-14(10)20-15/h6-9,16H,1-5,19H2. The number of hydrogen-bond donors (Lipinski definition) is 1. The minimum Gasteiger partial charge on any atom is -0.320 e. The zero-order chi connectivity index (χ0) is 14.1. The highest BCUT2D eigenvalue weighted by Crippen LogP contribution is 2.36. The summed E-state index contributed by atoms with van der Waals surface area (Å²) in [6.45, 7) is 0. The predicted octanol–water partition coefficient (Wildman–Crippen LogP) is 5.59. The van der Waals surface area contributed by atoms with Gasteiger partial charge in [-0.25, -0.2) is 0 Å². The molecule has 1 heterocycles. The van der Waals surface area contributed by atoms with E-state index in [-0.39, 0.29) is 6.04 Å². The molecular formula is C16H17Br2NS. The van der Waals surface area contributed by atoms with E-state index in [0.717, 1.165) is 14.5 Å². The van der Waals surface area contributed by atoms with Crippen molar-refractivity contribution in [1.29, 1.82) is 0 Å². The number of halogens is 2. The number of rotatable bonds is 2. The van der Waals surface area contributed by atoms with Gasteiger partial charge in [0.25, 0.3) is 0 Å². The van der Waals surface area contributed by atoms with Crippen LogP contribution in [0.15, 0.2) is 33.2 Å². The molecule has 1 aliphatic rings. The zero-order valence-electron chi connectivity index (χ0n) is 11.2. The first-order chi connectivity index (χ1) is 9.65. The van der Waals surface area contributed by atoms with Crippen molar-refractivity contribution in [2.45, 2.75) is 38.1 Å². The maximum Gasteiger partial charge on any atom is 0.0657 e. The predicted molar refractivity (Wildman–Crippen MR) is 93.5 cm³/mol. The Balaban J connectivity index is 1.94. The summed E-state index contributed by atoms with van der Waals surface area (Å²) in [5.41, 5.74) is 9.18. The Morgan fingerprint density at radius 3 is 2.70 bits per heavy atom. The molecule has 1 aromatic heterocycles. The molecule has 3 rings (SSSR count). The number of hydrogen-bond acceptors (Lipinski definition) is 2. The largest absolute Gasteiger partial charge is 0.320 e. The number of aryl methyl sites for hydroxylation is 2. The van der Waals surface area contributed by atoms with E-state index in [1.54, 1.807) is 4.88 Å². The Kier molecular flexibility index (Phi) is 4.65. The molecule has 1 aliphatic carbocycles. The van der Waals surface area contributed by atoms with Crippen molar-refractivity contribution in [3.8, 4) is 0 Å². The van der Waals surface area contributed by atoms with Crippen LogP contribution in [0.1, 0.15) is 46.2 Å². The van der Waals surface area contributed by atoms with Gasteiger partial charge in [-0.2, -0.15) is 0 Å². The average molecular weight is 415 g/mol. The summed E-state index contributed by atoms with van der Waals surface area (Å²) >= 11 is 9.05. The molecule has 20 heavy (non-hydrogen) atoms. The second-order valence-electron chi connectivity index (χ2n) is 5.30. The Labute approximate surface area is 140 Å². The maximum absolute atomic E-state index is 6.50. The lowest BCUT2D eigenvalue weighted by Crippen LogP contribution is -2.11. The van der Waals surface area contributed by atoms with Gasteiger partial charge in [0.2, 0.25) is 0 Å². The van der Waals surface area contributed by atoms with Crippen LogP contribution in [-0.2, 0) is 12.8 Å². The van der Waals surface area contributed by atoms with Crippen LogP contribution in [0, 0.1) is 0 Å². The maximum atomic E-state index is 6.50. The van der Waals surface area contributed by atoms with Gasteiger partial charge in [-0.15, -0.1) is 11.3 Å². The van der Waals surface area contributed by atoms with Crippen molar-refractivity contribution >= 4 is 43.2 Å². The summed E-state index contributed by atoms with van der Waals surface area (Å²) in [5, 5.41) is 0. The van der Waals surface area contributed by atoms with Crippen molar-refractivity contribution in [3.63, 3.8) is 0 Å². The van der Waals surface area contributed by atoms with Crippen molar-refractivity contribution in [1.82, 2.24) is 0 Å². The number of benzene rings is 1. The fourth-order valence-electron chi connectivity index (χ4n) is 2.75. The van der Waals surface area contributed by atoms with E-state index in [2.05, 4.69) is 50.1 Å². The van der Waals surface area contributed by atoms with Crippen molar-refractivity contribution in [2.24, 2.45) is 5.73 Å². The Morgan fingerprint density at radius 1 is 1.05 bits per heavy atom. The van der Waals surface area contributed by atoms with Gasteiger partial charge in [0.05, 0.1) is 6.04 Å². The molecule has 0 saturated carbocycles. The van der Waals surface area contributed by atoms with Crippen LogP contribution in [0.3, 0.4) is 0 Å². The molecule has 0 radical (unpaired) electrons. The molecular weight excluding hydrogens is 398 g/mol. The molecule has 106 valence electrons. The van der Waals surface area contributed by atoms with E-state index in [1.165, 1.54) is 42.5 Å². The summed E-state index contributed by atoms with van der Waals surface area (Å²) in [6.07, 6.45) is 6.45. The normalized spacial score (nSPS) is 16.6. The van der Waals surface area contributed by atoms with Gasteiger partial charge in [0, 0.05) is 18.7 Å². The molecule has 0 bridgehead atoms. The molecule has 0 aliphatic heterocycles. The van der Waals surface area contributed by atoms with Gasteiger partial charge < -0.3 is 5.73 Å². The first-order valence-electron chi connectivity index (χ1n) is 6.97. The smallest absolute Gasteiger partial charge is 0.0657 e. The summed E-state index contributed by atoms with van der Waals surface area (Å²) in [6, 6.07) is 8.49. The van der Waals surface area contributed by atoms with Crippen LogP contribution in [0.4, 0.5) is 0 Å². The van der Waals surface area contributed by atoms with Gasteiger partial charge in [0.15, 0.2) is 0 Å². The van der Waals surface area contributed by atoms with Crippen LogP contribution < -0.4 is 5.73 Å². The molecule has 0 amide bonds. The third-order valence-corrected chi connectivity index (χ3v) is 6.40. The first-order valence-corrected chi connectivity index (χ1v) is 9.37. The molecule has 1 atom stereocenters. The van der Waals surface area contributed by atoms with E-state index in [9.17, 15) is 0 Å². The monoisotopic (exact) mass is 413 g/mol. The lowest BCUT2D eigenvalue weighted by molar-refractivity contribution is 0.712. The lowest BCUT2D eigenvalue weighted by atomic mass is 10.0. The highest BCUT2D eigenvalue weighted by Gasteiger charge is 2.19. The van der Waals surface area contributed by atoms with E-state index >= 15 is 0 Å². The number of fused-ring (bicyclic) bond motifs is 1. The quantitative estimate of drug-likeness (QED) is 0.636. The highest BCUT2D eigenvalue weighted by molar-refractivity contribution is 9.11. The fourth-order valence-corrected chi connectivity index (χ4v) is 4.90. The van der Waals surface area contributed by atoms with Crippen LogP contribution in [-0.4, -0.2) is 0 Å². The summed E-state index contributed by atoms with van der Waals surface area (Å²) in [5.74, 6) is 0. The SMILES string of the molecule is NC(c1cc2c(s1)CCCCC2)c1cc(Br)ccc1Br. The van der Waals surface area contributed by atoms with Gasteiger partial charge in [-0.3, -0.25) is 0 Å². The molecule has 4 heteroatoms. The van der Waals surface area contributed by atoms with Gasteiger partial charge in [0.1, 0.15) is 0 Å². The minimum atomic E-state index is -0.0428. The van der Waals surface area contributed by atoms with Crippen molar-refractivity contribution in [3.05, 3.63) is 54.1 Å². The molecule has 0 saturated heterocycles. The van der Waals surface area contributed by atoms with Crippen molar-refractivity contribution < 1.29 is 0 Å². The Hall–Kier alpha value is -0.160. The van der Waals surface area contributed by atoms with E-state index in [4.69, 9.17) is 5.73 Å². The summed E-state index contributed by atoms with van der Waals surface area (Å²) < 4.78 is 2.15.